The second-order valence-corrected chi connectivity index (χ2v) is 3.01. The van der Waals surface area contributed by atoms with Crippen molar-refractivity contribution in [1.82, 2.24) is 0 Å². The van der Waals surface area contributed by atoms with Gasteiger partial charge in [-0.15, -0.1) is 0 Å². The second kappa shape index (κ2) is 3.98. The molecule has 0 bridgehead atoms. The lowest BCUT2D eigenvalue weighted by molar-refractivity contribution is -0.196. The lowest BCUT2D eigenvalue weighted by Crippen LogP contribution is -2.33. The third-order valence-electron chi connectivity index (χ3n) is 1.28. The summed E-state index contributed by atoms with van der Waals surface area (Å²) in [4.78, 5) is 10.2. The number of rotatable bonds is 4. The molecule has 0 aliphatic carbocycles. The fourth-order valence-corrected chi connectivity index (χ4v) is 1.17. The molecule has 0 radical (unpaired) electrons. The standard InChI is InChI=1S/C5H11O4P/c1-5(8-2,9-3)4-10(6)7/h4H2,1-3H3. The summed E-state index contributed by atoms with van der Waals surface area (Å²) in [6, 6.07) is 0. The van der Waals surface area contributed by atoms with Gasteiger partial charge in [-0.2, -0.15) is 0 Å². The van der Waals surface area contributed by atoms with Gasteiger partial charge in [0, 0.05) is 14.2 Å². The summed E-state index contributed by atoms with van der Waals surface area (Å²) in [7, 11) is 0.360. The van der Waals surface area contributed by atoms with E-state index in [0.29, 0.717) is 0 Å². The van der Waals surface area contributed by atoms with Gasteiger partial charge in [-0.1, -0.05) is 4.57 Å². The fraction of sp³-hybridized carbons (Fsp3) is 1.00. The maximum atomic E-state index is 10.2. The van der Waals surface area contributed by atoms with Crippen LogP contribution in [0.1, 0.15) is 6.92 Å². The first-order chi connectivity index (χ1) is 4.54. The summed E-state index contributed by atoms with van der Waals surface area (Å²) >= 11 is 0. The molecule has 0 aliphatic heterocycles. The lowest BCUT2D eigenvalue weighted by Gasteiger charge is -2.21. The minimum Gasteiger partial charge on any atom is -0.595 e. The molecular formula is C5H11O4P. The van der Waals surface area contributed by atoms with E-state index in [2.05, 4.69) is 0 Å². The number of ether oxygens (including phenoxy) is 2. The molecule has 10 heavy (non-hydrogen) atoms. The molecule has 60 valence electrons. The highest BCUT2D eigenvalue weighted by atomic mass is 31.1. The van der Waals surface area contributed by atoms with Gasteiger partial charge in [-0.3, -0.25) is 0 Å². The molecule has 0 aliphatic rings. The molecule has 0 saturated carbocycles. The van der Waals surface area contributed by atoms with Gasteiger partial charge in [0.05, 0.1) is 0 Å². The van der Waals surface area contributed by atoms with Crippen molar-refractivity contribution < 1.29 is 18.9 Å². The highest BCUT2D eigenvalue weighted by molar-refractivity contribution is 7.36. The van der Waals surface area contributed by atoms with Gasteiger partial charge in [0.2, 0.25) is 5.79 Å². The molecular weight excluding hydrogens is 155 g/mol. The number of methoxy groups -OCH3 is 2. The normalized spacial score (nSPS) is 13.4. The van der Waals surface area contributed by atoms with Crippen LogP contribution < -0.4 is 4.89 Å². The van der Waals surface area contributed by atoms with E-state index in [4.69, 9.17) is 9.47 Å². The van der Waals surface area contributed by atoms with Crippen molar-refractivity contribution >= 4 is 8.03 Å². The minimum atomic E-state index is -2.45. The van der Waals surface area contributed by atoms with Crippen LogP contribution in [0.15, 0.2) is 0 Å². The van der Waals surface area contributed by atoms with Crippen LogP contribution in [-0.2, 0) is 14.0 Å². The van der Waals surface area contributed by atoms with E-state index in [9.17, 15) is 9.46 Å². The molecule has 0 amide bonds. The van der Waals surface area contributed by atoms with Gasteiger partial charge >= 0.3 is 8.03 Å². The first-order valence-corrected chi connectivity index (χ1v) is 4.12. The van der Waals surface area contributed by atoms with Crippen LogP contribution in [-0.4, -0.2) is 26.2 Å². The maximum Gasteiger partial charge on any atom is 0.314 e. The van der Waals surface area contributed by atoms with Crippen LogP contribution in [0.4, 0.5) is 0 Å². The van der Waals surface area contributed by atoms with Crippen molar-refractivity contribution in [2.45, 2.75) is 12.7 Å². The third-order valence-corrected chi connectivity index (χ3v) is 2.11. The van der Waals surface area contributed by atoms with E-state index in [0.717, 1.165) is 0 Å². The second-order valence-electron chi connectivity index (χ2n) is 2.03. The van der Waals surface area contributed by atoms with Gasteiger partial charge in [-0.05, 0) is 6.92 Å². The van der Waals surface area contributed by atoms with Gasteiger partial charge in [0.25, 0.3) is 0 Å². The van der Waals surface area contributed by atoms with Crippen LogP contribution in [0.5, 0.6) is 0 Å². The first kappa shape index (κ1) is 9.98. The van der Waals surface area contributed by atoms with Crippen molar-refractivity contribution in [3.63, 3.8) is 0 Å². The van der Waals surface area contributed by atoms with Crippen molar-refractivity contribution in [2.24, 2.45) is 0 Å². The Morgan fingerprint density at radius 1 is 1.50 bits per heavy atom. The molecule has 0 fully saturated rings. The quantitative estimate of drug-likeness (QED) is 0.439. The largest absolute Gasteiger partial charge is 0.595 e. The van der Waals surface area contributed by atoms with Crippen LogP contribution in [0.2, 0.25) is 0 Å². The Morgan fingerprint density at radius 3 is 2.00 bits per heavy atom. The van der Waals surface area contributed by atoms with Crippen molar-refractivity contribution in [1.29, 1.82) is 0 Å². The SMILES string of the molecule is COC(C)(C[P+](=O)[O-])OC. The van der Waals surface area contributed by atoms with Crippen molar-refractivity contribution in [3.05, 3.63) is 0 Å². The van der Waals surface area contributed by atoms with Gasteiger partial charge in [-0.25, -0.2) is 0 Å². The summed E-state index contributed by atoms with van der Waals surface area (Å²) < 4.78 is 19.8. The summed E-state index contributed by atoms with van der Waals surface area (Å²) in [6.07, 6.45) is -0.116. The maximum absolute atomic E-state index is 10.2. The first-order valence-electron chi connectivity index (χ1n) is 2.76. The van der Waals surface area contributed by atoms with Gasteiger partial charge < -0.3 is 14.4 Å². The van der Waals surface area contributed by atoms with E-state index in [-0.39, 0.29) is 6.16 Å². The zero-order chi connectivity index (χ0) is 8.20. The zero-order valence-corrected chi connectivity index (χ0v) is 7.18. The van der Waals surface area contributed by atoms with E-state index in [1.807, 2.05) is 0 Å². The molecule has 0 aromatic carbocycles. The number of hydrogen-bond donors (Lipinski definition) is 0. The Balaban J connectivity index is 3.92. The van der Waals surface area contributed by atoms with Gasteiger partial charge in [0.15, 0.2) is 6.16 Å². The summed E-state index contributed by atoms with van der Waals surface area (Å²) in [5, 5.41) is 0. The van der Waals surface area contributed by atoms with E-state index >= 15 is 0 Å². The van der Waals surface area contributed by atoms with Crippen LogP contribution in [0, 0.1) is 0 Å². The average Bonchev–Trinajstić information content (AvgIpc) is 1.87. The monoisotopic (exact) mass is 166 g/mol. The molecule has 1 atom stereocenters. The summed E-state index contributed by atoms with van der Waals surface area (Å²) in [5.41, 5.74) is 0. The molecule has 0 spiro atoms. The Bertz CT molecular complexity index is 121. The summed E-state index contributed by atoms with van der Waals surface area (Å²) in [5.74, 6) is -0.991. The fourth-order valence-electron chi connectivity index (χ4n) is 0.447. The van der Waals surface area contributed by atoms with Crippen molar-refractivity contribution in [2.75, 3.05) is 20.4 Å². The molecule has 4 nitrogen and oxygen atoms in total. The molecule has 0 saturated heterocycles. The molecule has 1 unspecified atom stereocenters. The molecule has 5 heteroatoms. The molecule has 0 rings (SSSR count). The number of hydrogen-bond acceptors (Lipinski definition) is 4. The van der Waals surface area contributed by atoms with E-state index in [1.54, 1.807) is 6.92 Å². The zero-order valence-electron chi connectivity index (χ0n) is 6.29. The molecule has 0 N–H and O–H groups in total. The Kier molecular flexibility index (Phi) is 3.98. The smallest absolute Gasteiger partial charge is 0.314 e. The Hall–Kier alpha value is -0.0200. The van der Waals surface area contributed by atoms with E-state index in [1.165, 1.54) is 14.2 Å². The van der Waals surface area contributed by atoms with Crippen molar-refractivity contribution in [3.8, 4) is 0 Å². The lowest BCUT2D eigenvalue weighted by atomic mass is 10.4. The molecule has 0 aromatic rings. The van der Waals surface area contributed by atoms with Crippen LogP contribution in [0.3, 0.4) is 0 Å². The van der Waals surface area contributed by atoms with E-state index < -0.39 is 13.8 Å². The predicted octanol–water partition coefficient (Wildman–Crippen LogP) is 0.0981. The van der Waals surface area contributed by atoms with Gasteiger partial charge in [0.1, 0.15) is 0 Å². The van der Waals surface area contributed by atoms with Crippen LogP contribution in [0.25, 0.3) is 0 Å². The third kappa shape index (κ3) is 3.22. The highest BCUT2D eigenvalue weighted by Crippen LogP contribution is 2.20. The Morgan fingerprint density at radius 2 is 1.90 bits per heavy atom. The average molecular weight is 166 g/mol. The van der Waals surface area contributed by atoms with Crippen LogP contribution >= 0.6 is 8.03 Å². The minimum absolute atomic E-state index is 0.116. The molecule has 0 heterocycles. The topological polar surface area (TPSA) is 58.6 Å². The Labute approximate surface area is 61.0 Å². The predicted molar refractivity (Wildman–Crippen MR) is 34.9 cm³/mol. The summed E-state index contributed by atoms with van der Waals surface area (Å²) in [6.45, 7) is 1.57. The molecule has 0 aromatic heterocycles. The highest BCUT2D eigenvalue weighted by Gasteiger charge is 2.29.